The molecule has 0 aliphatic heterocycles. The summed E-state index contributed by atoms with van der Waals surface area (Å²) in [5.41, 5.74) is 1.94. The molecule has 4 rings (SSSR count). The molecule has 0 atom stereocenters. The molecule has 0 unspecified atom stereocenters. The number of anilines is 1. The van der Waals surface area contributed by atoms with Crippen LogP contribution < -0.4 is 4.72 Å². The minimum absolute atomic E-state index is 0.141. The van der Waals surface area contributed by atoms with E-state index in [2.05, 4.69) is 14.7 Å². The number of sulfonamides is 1. The molecule has 0 spiro atoms. The first kappa shape index (κ1) is 20.9. The summed E-state index contributed by atoms with van der Waals surface area (Å²) in [6.07, 6.45) is 1.69. The van der Waals surface area contributed by atoms with Crippen molar-refractivity contribution in [3.63, 3.8) is 0 Å². The average molecular weight is 473 g/mol. The fourth-order valence-corrected chi connectivity index (χ4v) is 4.83. The van der Waals surface area contributed by atoms with E-state index in [1.807, 2.05) is 29.6 Å². The zero-order valence-corrected chi connectivity index (χ0v) is 18.0. The predicted molar refractivity (Wildman–Crippen MR) is 120 cm³/mol. The Morgan fingerprint density at radius 1 is 1.03 bits per heavy atom. The zero-order chi connectivity index (χ0) is 22.0. The smallest absolute Gasteiger partial charge is 0.280 e. The van der Waals surface area contributed by atoms with E-state index in [0.717, 1.165) is 16.8 Å². The second-order valence-electron chi connectivity index (χ2n) is 6.31. The maximum absolute atomic E-state index is 12.7. The Labute approximate surface area is 186 Å². The quantitative estimate of drug-likeness (QED) is 0.303. The molecule has 0 saturated carbocycles. The lowest BCUT2D eigenvalue weighted by atomic mass is 10.1. The van der Waals surface area contributed by atoms with Crippen molar-refractivity contribution in [2.24, 2.45) is 0 Å². The SMILES string of the molecule is O=[N+]([O-])c1cc(S(=O)(=O)Nc2cccc(-c3csc(-c4ccccn4)n3)c2)ccc1Cl. The Hall–Kier alpha value is -3.34. The van der Waals surface area contributed by atoms with E-state index >= 15 is 0 Å². The van der Waals surface area contributed by atoms with Gasteiger partial charge in [0.15, 0.2) is 0 Å². The standard InChI is InChI=1S/C20H13ClN4O4S2/c21-16-8-7-15(11-19(16)25(26)27)31(28,29)24-14-5-3-4-13(10-14)18-12-30-20(23-18)17-6-1-2-9-22-17/h1-12,24H. The molecule has 2 aromatic carbocycles. The average Bonchev–Trinajstić information content (AvgIpc) is 3.25. The van der Waals surface area contributed by atoms with Gasteiger partial charge >= 0.3 is 0 Å². The van der Waals surface area contributed by atoms with Gasteiger partial charge in [0, 0.05) is 28.9 Å². The van der Waals surface area contributed by atoms with E-state index in [1.54, 1.807) is 24.4 Å². The molecule has 2 heterocycles. The normalized spacial score (nSPS) is 11.3. The maximum atomic E-state index is 12.7. The minimum atomic E-state index is -4.06. The van der Waals surface area contributed by atoms with Gasteiger partial charge in [-0.05, 0) is 36.4 Å². The molecular formula is C20H13ClN4O4S2. The van der Waals surface area contributed by atoms with Crippen molar-refractivity contribution < 1.29 is 13.3 Å². The van der Waals surface area contributed by atoms with Crippen LogP contribution in [-0.4, -0.2) is 23.3 Å². The van der Waals surface area contributed by atoms with Gasteiger partial charge in [-0.3, -0.25) is 19.8 Å². The Morgan fingerprint density at radius 3 is 2.61 bits per heavy atom. The lowest BCUT2D eigenvalue weighted by Crippen LogP contribution is -2.13. The van der Waals surface area contributed by atoms with Crippen LogP contribution in [0.4, 0.5) is 11.4 Å². The summed E-state index contributed by atoms with van der Waals surface area (Å²) in [6.45, 7) is 0. The predicted octanol–water partition coefficient (Wildman–Crippen LogP) is 5.23. The number of hydrogen-bond acceptors (Lipinski definition) is 7. The molecule has 31 heavy (non-hydrogen) atoms. The van der Waals surface area contributed by atoms with Crippen LogP contribution in [0.25, 0.3) is 22.0 Å². The second-order valence-corrected chi connectivity index (χ2v) is 9.26. The number of nitrogens with one attached hydrogen (secondary N) is 1. The molecule has 4 aromatic rings. The Bertz CT molecular complexity index is 1370. The van der Waals surface area contributed by atoms with Crippen molar-refractivity contribution in [2.75, 3.05) is 4.72 Å². The summed E-state index contributed by atoms with van der Waals surface area (Å²) in [5, 5.41) is 13.5. The highest BCUT2D eigenvalue weighted by Gasteiger charge is 2.21. The molecule has 8 nitrogen and oxygen atoms in total. The molecule has 0 aliphatic carbocycles. The zero-order valence-electron chi connectivity index (χ0n) is 15.6. The molecule has 11 heteroatoms. The fraction of sp³-hybridized carbons (Fsp3) is 0. The molecule has 156 valence electrons. The molecule has 0 bridgehead atoms. The number of nitro groups is 1. The first-order valence-corrected chi connectivity index (χ1v) is 11.5. The monoisotopic (exact) mass is 472 g/mol. The van der Waals surface area contributed by atoms with Gasteiger partial charge in [-0.2, -0.15) is 0 Å². The highest BCUT2D eigenvalue weighted by Crippen LogP contribution is 2.31. The van der Waals surface area contributed by atoms with Crippen molar-refractivity contribution in [2.45, 2.75) is 4.90 Å². The molecule has 0 saturated heterocycles. The molecule has 1 N–H and O–H groups in total. The highest BCUT2D eigenvalue weighted by molar-refractivity contribution is 7.92. The third-order valence-corrected chi connectivity index (χ3v) is 6.79. The third kappa shape index (κ3) is 4.55. The van der Waals surface area contributed by atoms with Crippen molar-refractivity contribution in [1.82, 2.24) is 9.97 Å². The Kier molecular flexibility index (Phi) is 5.68. The number of hydrogen-bond donors (Lipinski definition) is 1. The van der Waals surface area contributed by atoms with Crippen LogP contribution in [0.3, 0.4) is 0 Å². The fourth-order valence-electron chi connectivity index (χ4n) is 2.77. The van der Waals surface area contributed by atoms with E-state index < -0.39 is 20.6 Å². The van der Waals surface area contributed by atoms with E-state index in [0.29, 0.717) is 16.9 Å². The number of nitrogens with zero attached hydrogens (tertiary/aromatic N) is 3. The number of rotatable bonds is 6. The van der Waals surface area contributed by atoms with Crippen molar-refractivity contribution in [3.05, 3.63) is 87.4 Å². The Balaban J connectivity index is 1.61. The first-order chi connectivity index (χ1) is 14.8. The van der Waals surface area contributed by atoms with Crippen LogP contribution in [0.2, 0.25) is 5.02 Å². The van der Waals surface area contributed by atoms with Gasteiger partial charge < -0.3 is 0 Å². The summed E-state index contributed by atoms with van der Waals surface area (Å²) < 4.78 is 27.9. The van der Waals surface area contributed by atoms with Crippen molar-refractivity contribution in [1.29, 1.82) is 0 Å². The van der Waals surface area contributed by atoms with Crippen molar-refractivity contribution >= 4 is 44.3 Å². The Morgan fingerprint density at radius 2 is 1.87 bits per heavy atom. The summed E-state index contributed by atoms with van der Waals surface area (Å²) in [7, 11) is -4.06. The number of halogens is 1. The van der Waals surface area contributed by atoms with E-state index in [4.69, 9.17) is 11.6 Å². The van der Waals surface area contributed by atoms with Gasteiger partial charge in [0.1, 0.15) is 10.0 Å². The number of benzene rings is 2. The van der Waals surface area contributed by atoms with Gasteiger partial charge in [-0.25, -0.2) is 13.4 Å². The minimum Gasteiger partial charge on any atom is -0.280 e. The number of aromatic nitrogens is 2. The van der Waals surface area contributed by atoms with E-state index in [-0.39, 0.29) is 9.92 Å². The molecular weight excluding hydrogens is 460 g/mol. The number of pyridine rings is 1. The molecule has 2 aromatic heterocycles. The largest absolute Gasteiger partial charge is 0.289 e. The van der Waals surface area contributed by atoms with Gasteiger partial charge in [0.2, 0.25) is 0 Å². The highest BCUT2D eigenvalue weighted by atomic mass is 35.5. The third-order valence-electron chi connectivity index (χ3n) is 4.22. The van der Waals surface area contributed by atoms with Crippen LogP contribution in [0.1, 0.15) is 0 Å². The molecule has 0 amide bonds. The van der Waals surface area contributed by atoms with Crippen LogP contribution in [0, 0.1) is 10.1 Å². The summed E-state index contributed by atoms with van der Waals surface area (Å²) in [5.74, 6) is 0. The summed E-state index contributed by atoms with van der Waals surface area (Å²) in [6, 6.07) is 15.6. The van der Waals surface area contributed by atoms with Crippen LogP contribution in [-0.2, 0) is 10.0 Å². The van der Waals surface area contributed by atoms with Crippen LogP contribution in [0.5, 0.6) is 0 Å². The molecule has 0 aliphatic rings. The van der Waals surface area contributed by atoms with Gasteiger partial charge in [-0.1, -0.05) is 29.8 Å². The summed E-state index contributed by atoms with van der Waals surface area (Å²) >= 11 is 7.20. The van der Waals surface area contributed by atoms with Gasteiger partial charge in [0.25, 0.3) is 15.7 Å². The summed E-state index contributed by atoms with van der Waals surface area (Å²) in [4.78, 5) is 18.9. The number of nitro benzene ring substituents is 1. The first-order valence-electron chi connectivity index (χ1n) is 8.77. The topological polar surface area (TPSA) is 115 Å². The van der Waals surface area contributed by atoms with Gasteiger partial charge in [0.05, 0.1) is 21.2 Å². The maximum Gasteiger partial charge on any atom is 0.289 e. The molecule has 0 radical (unpaired) electrons. The van der Waals surface area contributed by atoms with Gasteiger partial charge in [-0.15, -0.1) is 11.3 Å². The molecule has 0 fully saturated rings. The van der Waals surface area contributed by atoms with Crippen LogP contribution >= 0.6 is 22.9 Å². The number of thiazole rings is 1. The van der Waals surface area contributed by atoms with Crippen molar-refractivity contribution in [3.8, 4) is 22.0 Å². The van der Waals surface area contributed by atoms with Crippen LogP contribution in [0.15, 0.2) is 77.1 Å². The lowest BCUT2D eigenvalue weighted by molar-refractivity contribution is -0.384. The second kappa shape index (κ2) is 8.42. The lowest BCUT2D eigenvalue weighted by Gasteiger charge is -2.09. The van der Waals surface area contributed by atoms with E-state index in [1.165, 1.54) is 23.5 Å². The van der Waals surface area contributed by atoms with E-state index in [9.17, 15) is 18.5 Å².